The first-order chi connectivity index (χ1) is 5.33. The van der Waals surface area contributed by atoms with Crippen molar-refractivity contribution >= 4 is 0 Å². The van der Waals surface area contributed by atoms with Crippen LogP contribution >= 0.6 is 0 Å². The summed E-state index contributed by atoms with van der Waals surface area (Å²) in [6.07, 6.45) is 3.29. The molecule has 1 aliphatic heterocycles. The van der Waals surface area contributed by atoms with Crippen LogP contribution in [-0.2, 0) is 14.5 Å². The van der Waals surface area contributed by atoms with E-state index in [2.05, 4.69) is 0 Å². The van der Waals surface area contributed by atoms with Crippen molar-refractivity contribution in [1.29, 1.82) is 0 Å². The highest BCUT2D eigenvalue weighted by Gasteiger charge is 2.23. The standard InChI is InChI=1S/C5H11N3O3/c1-9-6-4-5-7(10-2)8(6)11-3/h4-5H,1-3H3. The highest BCUT2D eigenvalue weighted by molar-refractivity contribution is 4.77. The van der Waals surface area contributed by atoms with Crippen molar-refractivity contribution in [2.24, 2.45) is 0 Å². The molecule has 0 aliphatic carbocycles. The number of hydroxylamine groups is 2. The van der Waals surface area contributed by atoms with E-state index in [9.17, 15) is 0 Å². The fourth-order valence-corrected chi connectivity index (χ4v) is 0.737. The third-order valence-electron chi connectivity index (χ3n) is 1.20. The molecule has 6 nitrogen and oxygen atoms in total. The van der Waals surface area contributed by atoms with Crippen LogP contribution < -0.4 is 0 Å². The Morgan fingerprint density at radius 3 is 1.55 bits per heavy atom. The average Bonchev–Trinajstić information content (AvgIpc) is 2.45. The van der Waals surface area contributed by atoms with Crippen LogP contribution in [0.15, 0.2) is 12.4 Å². The summed E-state index contributed by atoms with van der Waals surface area (Å²) >= 11 is 0. The summed E-state index contributed by atoms with van der Waals surface area (Å²) in [5.41, 5.74) is 0. The van der Waals surface area contributed by atoms with Gasteiger partial charge in [-0.05, 0) is 0 Å². The first kappa shape index (κ1) is 8.28. The van der Waals surface area contributed by atoms with Crippen molar-refractivity contribution in [3.05, 3.63) is 12.4 Å². The fraction of sp³-hybridized carbons (Fsp3) is 0.600. The second-order valence-electron chi connectivity index (χ2n) is 1.70. The van der Waals surface area contributed by atoms with Crippen molar-refractivity contribution in [2.75, 3.05) is 21.3 Å². The maximum Gasteiger partial charge on any atom is 0.0710 e. The molecule has 6 heteroatoms. The van der Waals surface area contributed by atoms with Gasteiger partial charge in [0.15, 0.2) is 0 Å². The first-order valence-electron chi connectivity index (χ1n) is 3.02. The van der Waals surface area contributed by atoms with Crippen LogP contribution in [0, 0.1) is 0 Å². The molecule has 11 heavy (non-hydrogen) atoms. The Balaban J connectivity index is 2.54. The SMILES string of the molecule is CON1C=CN(OC)N1OC. The lowest BCUT2D eigenvalue weighted by Gasteiger charge is -2.28. The van der Waals surface area contributed by atoms with Gasteiger partial charge in [-0.1, -0.05) is 0 Å². The molecule has 1 aliphatic rings. The summed E-state index contributed by atoms with van der Waals surface area (Å²) in [6.45, 7) is 0. The van der Waals surface area contributed by atoms with Crippen LogP contribution in [0.25, 0.3) is 0 Å². The number of rotatable bonds is 3. The summed E-state index contributed by atoms with van der Waals surface area (Å²) in [7, 11) is 4.55. The Hall–Kier alpha value is -0.820. The fourth-order valence-electron chi connectivity index (χ4n) is 0.737. The molecule has 1 rings (SSSR count). The highest BCUT2D eigenvalue weighted by Crippen LogP contribution is 2.12. The van der Waals surface area contributed by atoms with E-state index in [0.29, 0.717) is 0 Å². The minimum Gasteiger partial charge on any atom is -0.261 e. The Bertz CT molecular complexity index is 138. The second kappa shape index (κ2) is 3.54. The lowest BCUT2D eigenvalue weighted by Crippen LogP contribution is -2.42. The van der Waals surface area contributed by atoms with Gasteiger partial charge < -0.3 is 0 Å². The quantitative estimate of drug-likeness (QED) is 0.575. The van der Waals surface area contributed by atoms with Gasteiger partial charge in [0.25, 0.3) is 0 Å². The van der Waals surface area contributed by atoms with Gasteiger partial charge in [-0.2, -0.15) is 0 Å². The van der Waals surface area contributed by atoms with Crippen molar-refractivity contribution in [3.63, 3.8) is 0 Å². The Morgan fingerprint density at radius 1 is 0.818 bits per heavy atom. The van der Waals surface area contributed by atoms with Crippen LogP contribution in [0.2, 0.25) is 0 Å². The van der Waals surface area contributed by atoms with Crippen molar-refractivity contribution in [3.8, 4) is 0 Å². The molecule has 0 saturated heterocycles. The Labute approximate surface area is 64.9 Å². The monoisotopic (exact) mass is 161 g/mol. The summed E-state index contributed by atoms with van der Waals surface area (Å²) in [5.74, 6) is 0. The van der Waals surface area contributed by atoms with E-state index >= 15 is 0 Å². The predicted octanol–water partition coefficient (Wildman–Crippen LogP) is -0.109. The maximum absolute atomic E-state index is 4.89. The summed E-state index contributed by atoms with van der Waals surface area (Å²) in [4.78, 5) is 14.6. The molecule has 0 saturated carbocycles. The summed E-state index contributed by atoms with van der Waals surface area (Å²) in [5, 5.41) is 4.02. The van der Waals surface area contributed by atoms with Gasteiger partial charge in [-0.15, -0.1) is 10.3 Å². The third-order valence-corrected chi connectivity index (χ3v) is 1.20. The molecule has 0 spiro atoms. The van der Waals surface area contributed by atoms with Gasteiger partial charge in [0, 0.05) is 0 Å². The van der Waals surface area contributed by atoms with Crippen molar-refractivity contribution in [1.82, 2.24) is 15.6 Å². The highest BCUT2D eigenvalue weighted by atomic mass is 16.9. The van der Waals surface area contributed by atoms with Crippen molar-refractivity contribution in [2.45, 2.75) is 0 Å². The van der Waals surface area contributed by atoms with Crippen molar-refractivity contribution < 1.29 is 14.5 Å². The van der Waals surface area contributed by atoms with E-state index in [-0.39, 0.29) is 0 Å². The van der Waals surface area contributed by atoms with Gasteiger partial charge in [-0.3, -0.25) is 14.5 Å². The van der Waals surface area contributed by atoms with Gasteiger partial charge in [0.2, 0.25) is 0 Å². The van der Waals surface area contributed by atoms with Gasteiger partial charge in [0.05, 0.1) is 39.0 Å². The predicted molar refractivity (Wildman–Crippen MR) is 35.7 cm³/mol. The maximum atomic E-state index is 4.89. The van der Waals surface area contributed by atoms with Crippen LogP contribution in [0.1, 0.15) is 0 Å². The molecular formula is C5H11N3O3. The van der Waals surface area contributed by atoms with Crippen LogP contribution in [0.5, 0.6) is 0 Å². The molecule has 0 aromatic rings. The van der Waals surface area contributed by atoms with Crippen LogP contribution in [-0.4, -0.2) is 37.0 Å². The molecule has 0 fully saturated rings. The van der Waals surface area contributed by atoms with E-state index in [1.165, 1.54) is 37.0 Å². The van der Waals surface area contributed by atoms with Gasteiger partial charge >= 0.3 is 0 Å². The van der Waals surface area contributed by atoms with E-state index in [1.54, 1.807) is 12.4 Å². The zero-order valence-electron chi connectivity index (χ0n) is 6.72. The molecule has 0 bridgehead atoms. The van der Waals surface area contributed by atoms with E-state index in [0.717, 1.165) is 0 Å². The molecule has 0 atom stereocenters. The molecule has 0 unspecified atom stereocenters. The Morgan fingerprint density at radius 2 is 1.27 bits per heavy atom. The zero-order chi connectivity index (χ0) is 8.27. The number of hydrogen-bond donors (Lipinski definition) is 0. The molecule has 0 radical (unpaired) electrons. The lowest BCUT2D eigenvalue weighted by atomic mass is 10.9. The topological polar surface area (TPSA) is 37.4 Å². The largest absolute Gasteiger partial charge is 0.261 e. The van der Waals surface area contributed by atoms with Gasteiger partial charge in [0.1, 0.15) is 0 Å². The minimum absolute atomic E-state index is 1.29. The van der Waals surface area contributed by atoms with Crippen LogP contribution in [0.4, 0.5) is 0 Å². The molecule has 0 aromatic carbocycles. The number of nitrogens with zero attached hydrogens (tertiary/aromatic N) is 3. The summed E-state index contributed by atoms with van der Waals surface area (Å²) in [6, 6.07) is 0. The molecule has 1 heterocycles. The molecule has 0 N–H and O–H groups in total. The molecule has 64 valence electrons. The average molecular weight is 161 g/mol. The molecule has 0 amide bonds. The Kier molecular flexibility index (Phi) is 2.66. The lowest BCUT2D eigenvalue weighted by molar-refractivity contribution is -0.480. The van der Waals surface area contributed by atoms with Crippen LogP contribution in [0.3, 0.4) is 0 Å². The third kappa shape index (κ3) is 1.43. The number of hydrogen-bond acceptors (Lipinski definition) is 6. The first-order valence-corrected chi connectivity index (χ1v) is 3.02. The number of hydrazine groups is 2. The van der Waals surface area contributed by atoms with E-state index in [1.807, 2.05) is 0 Å². The van der Waals surface area contributed by atoms with Gasteiger partial charge in [-0.25, -0.2) is 0 Å². The van der Waals surface area contributed by atoms with E-state index in [4.69, 9.17) is 14.5 Å². The normalized spacial score (nSPS) is 18.5. The smallest absolute Gasteiger partial charge is 0.0710 e. The minimum atomic E-state index is 1.29. The molecule has 0 aromatic heterocycles. The summed E-state index contributed by atoms with van der Waals surface area (Å²) < 4.78 is 0. The molecular weight excluding hydrogens is 150 g/mol. The second-order valence-corrected chi connectivity index (χ2v) is 1.70. The zero-order valence-corrected chi connectivity index (χ0v) is 6.72. The van der Waals surface area contributed by atoms with E-state index < -0.39 is 0 Å².